The lowest BCUT2D eigenvalue weighted by molar-refractivity contribution is -0.171. The fraction of sp³-hybridized carbons (Fsp3) is 0.889. The average Bonchev–Trinajstić information content (AvgIpc) is 2.27. The van der Waals surface area contributed by atoms with E-state index in [0.717, 1.165) is 6.42 Å². The molecule has 1 fully saturated rings. The van der Waals surface area contributed by atoms with Crippen molar-refractivity contribution in [1.29, 1.82) is 0 Å². The highest BCUT2D eigenvalue weighted by atomic mass is 16.6. The topological polar surface area (TPSA) is 46.5 Å². The van der Waals surface area contributed by atoms with Gasteiger partial charge in [-0.05, 0) is 33.1 Å². The second-order valence-electron chi connectivity index (χ2n) is 4.01. The van der Waals surface area contributed by atoms with Crippen molar-refractivity contribution in [3.63, 3.8) is 0 Å². The molecule has 0 aromatic rings. The van der Waals surface area contributed by atoms with Gasteiger partial charge in [-0.1, -0.05) is 6.92 Å². The van der Waals surface area contributed by atoms with Gasteiger partial charge in [-0.15, -0.1) is 0 Å². The normalized spacial score (nSPS) is 33.6. The monoisotopic (exact) mass is 172 g/mol. The van der Waals surface area contributed by atoms with Crippen LogP contribution in [0.2, 0.25) is 0 Å². The van der Waals surface area contributed by atoms with Gasteiger partial charge in [0.1, 0.15) is 0 Å². The van der Waals surface area contributed by atoms with Gasteiger partial charge in [0.05, 0.1) is 5.60 Å². The molecule has 1 N–H and O–H groups in total. The minimum atomic E-state index is -0.913. The highest BCUT2D eigenvalue weighted by Gasteiger charge is 2.48. The first-order chi connectivity index (χ1) is 5.42. The molecule has 70 valence electrons. The zero-order valence-electron chi connectivity index (χ0n) is 7.89. The Morgan fingerprint density at radius 1 is 1.50 bits per heavy atom. The van der Waals surface area contributed by atoms with Crippen LogP contribution in [-0.2, 0) is 9.53 Å². The zero-order valence-corrected chi connectivity index (χ0v) is 7.89. The van der Waals surface area contributed by atoms with Crippen LogP contribution in [0.15, 0.2) is 0 Å². The number of aliphatic carboxylic acids is 1. The third-order valence-electron chi connectivity index (χ3n) is 2.56. The number of hydrogen-bond donors (Lipinski definition) is 1. The first-order valence-corrected chi connectivity index (χ1v) is 4.35. The van der Waals surface area contributed by atoms with Gasteiger partial charge in [0.25, 0.3) is 0 Å². The third-order valence-corrected chi connectivity index (χ3v) is 2.56. The molecule has 0 bridgehead atoms. The summed E-state index contributed by atoms with van der Waals surface area (Å²) in [6.45, 7) is 5.73. The Balaban J connectivity index is 2.80. The van der Waals surface area contributed by atoms with Crippen molar-refractivity contribution in [3.05, 3.63) is 0 Å². The van der Waals surface area contributed by atoms with Crippen LogP contribution in [0.5, 0.6) is 0 Å². The predicted molar refractivity (Wildman–Crippen MR) is 45.1 cm³/mol. The van der Waals surface area contributed by atoms with E-state index in [1.807, 2.05) is 20.8 Å². The first-order valence-electron chi connectivity index (χ1n) is 4.35. The van der Waals surface area contributed by atoms with E-state index in [0.29, 0.717) is 12.8 Å². The number of carboxylic acids is 1. The van der Waals surface area contributed by atoms with E-state index in [4.69, 9.17) is 9.84 Å². The second kappa shape index (κ2) is 2.73. The molecule has 3 heteroatoms. The molecule has 0 spiro atoms. The minimum absolute atomic E-state index is 0.269. The molecular weight excluding hydrogens is 156 g/mol. The summed E-state index contributed by atoms with van der Waals surface area (Å²) >= 11 is 0. The molecule has 1 aliphatic rings. The summed E-state index contributed by atoms with van der Waals surface area (Å²) in [6.07, 6.45) is 2.00. The highest BCUT2D eigenvalue weighted by Crippen LogP contribution is 2.39. The van der Waals surface area contributed by atoms with Gasteiger partial charge < -0.3 is 9.84 Å². The van der Waals surface area contributed by atoms with Crippen molar-refractivity contribution in [2.75, 3.05) is 0 Å². The fourth-order valence-electron chi connectivity index (χ4n) is 1.68. The molecule has 1 rings (SSSR count). The van der Waals surface area contributed by atoms with Crippen molar-refractivity contribution >= 4 is 5.97 Å². The van der Waals surface area contributed by atoms with Crippen LogP contribution in [-0.4, -0.2) is 22.3 Å². The summed E-state index contributed by atoms with van der Waals surface area (Å²) in [6, 6.07) is 0. The Morgan fingerprint density at radius 3 is 2.25 bits per heavy atom. The summed E-state index contributed by atoms with van der Waals surface area (Å²) in [5, 5.41) is 8.97. The van der Waals surface area contributed by atoms with E-state index in [1.165, 1.54) is 0 Å². The van der Waals surface area contributed by atoms with Crippen LogP contribution < -0.4 is 0 Å². The van der Waals surface area contributed by atoms with Gasteiger partial charge in [0.2, 0.25) is 0 Å². The van der Waals surface area contributed by atoms with Crippen molar-refractivity contribution in [3.8, 4) is 0 Å². The molecule has 1 heterocycles. The molecule has 1 unspecified atom stereocenters. The lowest BCUT2D eigenvalue weighted by Crippen LogP contribution is -2.39. The lowest BCUT2D eigenvalue weighted by Gasteiger charge is -2.26. The van der Waals surface area contributed by atoms with Crippen molar-refractivity contribution in [2.45, 2.75) is 51.2 Å². The largest absolute Gasteiger partial charge is 0.479 e. The molecule has 1 saturated heterocycles. The maximum Gasteiger partial charge on any atom is 0.335 e. The van der Waals surface area contributed by atoms with Crippen LogP contribution >= 0.6 is 0 Å². The zero-order chi connectivity index (χ0) is 9.41. The minimum Gasteiger partial charge on any atom is -0.479 e. The van der Waals surface area contributed by atoms with Gasteiger partial charge in [-0.3, -0.25) is 0 Å². The van der Waals surface area contributed by atoms with Crippen LogP contribution in [0.1, 0.15) is 40.0 Å². The molecule has 0 amide bonds. The molecule has 1 aliphatic heterocycles. The van der Waals surface area contributed by atoms with E-state index in [9.17, 15) is 4.79 Å². The summed E-state index contributed by atoms with van der Waals surface area (Å²) in [5.74, 6) is -0.824. The Morgan fingerprint density at radius 2 is 2.08 bits per heavy atom. The molecule has 3 nitrogen and oxygen atoms in total. The van der Waals surface area contributed by atoms with Crippen LogP contribution in [0.25, 0.3) is 0 Å². The Hall–Kier alpha value is -0.570. The van der Waals surface area contributed by atoms with Crippen LogP contribution in [0, 0.1) is 0 Å². The van der Waals surface area contributed by atoms with Gasteiger partial charge in [0.15, 0.2) is 5.60 Å². The maximum absolute atomic E-state index is 10.9. The molecule has 0 saturated carbocycles. The van der Waals surface area contributed by atoms with Crippen molar-refractivity contribution in [1.82, 2.24) is 0 Å². The van der Waals surface area contributed by atoms with E-state index < -0.39 is 11.6 Å². The molecule has 0 radical (unpaired) electrons. The molecule has 0 aliphatic carbocycles. The number of rotatable bonds is 2. The van der Waals surface area contributed by atoms with Gasteiger partial charge in [0, 0.05) is 0 Å². The van der Waals surface area contributed by atoms with Gasteiger partial charge in [-0.2, -0.15) is 0 Å². The Kier molecular flexibility index (Phi) is 2.17. The average molecular weight is 172 g/mol. The molecule has 1 atom stereocenters. The number of hydrogen-bond acceptors (Lipinski definition) is 2. The van der Waals surface area contributed by atoms with E-state index >= 15 is 0 Å². The fourth-order valence-corrected chi connectivity index (χ4v) is 1.68. The quantitative estimate of drug-likeness (QED) is 0.691. The summed E-state index contributed by atoms with van der Waals surface area (Å²) in [7, 11) is 0. The second-order valence-corrected chi connectivity index (χ2v) is 4.01. The van der Waals surface area contributed by atoms with Crippen LogP contribution in [0.4, 0.5) is 0 Å². The van der Waals surface area contributed by atoms with Crippen LogP contribution in [0.3, 0.4) is 0 Å². The number of carboxylic acid groups (broad SMARTS) is 1. The van der Waals surface area contributed by atoms with Crippen molar-refractivity contribution < 1.29 is 14.6 Å². The molecule has 0 aromatic heterocycles. The highest BCUT2D eigenvalue weighted by molar-refractivity contribution is 5.77. The standard InChI is InChI=1S/C9H16O3/c1-4-9(7(10)11)6-5-8(2,3)12-9/h4-6H2,1-3H3,(H,10,11). The van der Waals surface area contributed by atoms with Gasteiger partial charge in [-0.25, -0.2) is 4.79 Å². The Labute approximate surface area is 72.7 Å². The molecular formula is C9H16O3. The number of carbonyl (C=O) groups is 1. The SMILES string of the molecule is CCC1(C(=O)O)CCC(C)(C)O1. The van der Waals surface area contributed by atoms with E-state index in [1.54, 1.807) is 0 Å². The van der Waals surface area contributed by atoms with E-state index in [2.05, 4.69) is 0 Å². The summed E-state index contributed by atoms with van der Waals surface area (Å²) < 4.78 is 5.55. The lowest BCUT2D eigenvalue weighted by atomic mass is 9.95. The van der Waals surface area contributed by atoms with Crippen molar-refractivity contribution in [2.24, 2.45) is 0 Å². The van der Waals surface area contributed by atoms with E-state index in [-0.39, 0.29) is 5.60 Å². The summed E-state index contributed by atoms with van der Waals surface area (Å²) in [4.78, 5) is 10.9. The smallest absolute Gasteiger partial charge is 0.335 e. The molecule has 0 aromatic carbocycles. The predicted octanol–water partition coefficient (Wildman–Crippen LogP) is 1.81. The number of ether oxygens (including phenoxy) is 1. The third kappa shape index (κ3) is 1.46. The Bertz CT molecular complexity index is 198. The first kappa shape index (κ1) is 9.52. The summed E-state index contributed by atoms with van der Waals surface area (Å²) in [5.41, 5.74) is -1.18. The van der Waals surface area contributed by atoms with Gasteiger partial charge >= 0.3 is 5.97 Å². The molecule has 12 heavy (non-hydrogen) atoms. The maximum atomic E-state index is 10.9.